The summed E-state index contributed by atoms with van der Waals surface area (Å²) < 4.78 is 5.04. The largest absolute Gasteiger partial charge is 0.462 e. The minimum Gasteiger partial charge on any atom is -0.462 e. The van der Waals surface area contributed by atoms with E-state index in [9.17, 15) is 9.59 Å². The molecule has 0 aliphatic heterocycles. The highest BCUT2D eigenvalue weighted by atomic mass is 16.5. The second-order valence-corrected chi connectivity index (χ2v) is 4.79. The molecule has 5 nitrogen and oxygen atoms in total. The Morgan fingerprint density at radius 1 is 1.20 bits per heavy atom. The first-order chi connectivity index (χ1) is 9.52. The van der Waals surface area contributed by atoms with Crippen LogP contribution in [-0.2, 0) is 9.53 Å². The number of hydrogen-bond acceptors (Lipinski definition) is 4. The van der Waals surface area contributed by atoms with Crippen LogP contribution in [0.3, 0.4) is 0 Å². The number of hydrogen-bond donors (Lipinski definition) is 2. The SMILES string of the molecule is CCCOC(=O)c1ccc(NCC(=O)NC(C)C)cc1. The summed E-state index contributed by atoms with van der Waals surface area (Å²) in [5.74, 6) is -0.387. The molecule has 1 amide bonds. The van der Waals surface area contributed by atoms with E-state index in [0.29, 0.717) is 12.2 Å². The lowest BCUT2D eigenvalue weighted by Gasteiger charge is -2.10. The van der Waals surface area contributed by atoms with Crippen LogP contribution >= 0.6 is 0 Å². The Hall–Kier alpha value is -2.04. The van der Waals surface area contributed by atoms with E-state index in [1.54, 1.807) is 24.3 Å². The lowest BCUT2D eigenvalue weighted by molar-refractivity contribution is -0.119. The molecule has 0 spiro atoms. The molecule has 1 rings (SSSR count). The van der Waals surface area contributed by atoms with Crippen LogP contribution in [0.15, 0.2) is 24.3 Å². The molecule has 20 heavy (non-hydrogen) atoms. The molecule has 0 bridgehead atoms. The van der Waals surface area contributed by atoms with E-state index in [4.69, 9.17) is 4.74 Å². The van der Waals surface area contributed by atoms with E-state index in [1.165, 1.54) is 0 Å². The van der Waals surface area contributed by atoms with E-state index < -0.39 is 0 Å². The van der Waals surface area contributed by atoms with Crippen molar-refractivity contribution in [3.8, 4) is 0 Å². The number of ether oxygens (including phenoxy) is 1. The van der Waals surface area contributed by atoms with Gasteiger partial charge in [-0.2, -0.15) is 0 Å². The lowest BCUT2D eigenvalue weighted by Crippen LogP contribution is -2.34. The van der Waals surface area contributed by atoms with Gasteiger partial charge in [0, 0.05) is 11.7 Å². The Morgan fingerprint density at radius 3 is 2.40 bits per heavy atom. The first kappa shape index (κ1) is 16.0. The molecular formula is C15H22N2O3. The monoisotopic (exact) mass is 278 g/mol. The molecule has 0 atom stereocenters. The summed E-state index contributed by atoms with van der Waals surface area (Å²) in [5, 5.41) is 5.79. The molecule has 0 unspecified atom stereocenters. The van der Waals surface area contributed by atoms with Crippen molar-refractivity contribution in [3.63, 3.8) is 0 Å². The number of esters is 1. The lowest BCUT2D eigenvalue weighted by atomic mass is 10.2. The van der Waals surface area contributed by atoms with Crippen LogP contribution in [0.4, 0.5) is 5.69 Å². The summed E-state index contributed by atoms with van der Waals surface area (Å²) in [6.45, 7) is 6.40. The zero-order valence-corrected chi connectivity index (χ0v) is 12.2. The molecule has 0 saturated heterocycles. The maximum atomic E-state index is 11.6. The standard InChI is InChI=1S/C15H22N2O3/c1-4-9-20-15(19)12-5-7-13(8-6-12)16-10-14(18)17-11(2)3/h5-8,11,16H,4,9-10H2,1-3H3,(H,17,18). The molecule has 0 aromatic heterocycles. The predicted octanol–water partition coefficient (Wildman–Crippen LogP) is 2.19. The van der Waals surface area contributed by atoms with Gasteiger partial charge in [-0.1, -0.05) is 6.92 Å². The molecule has 5 heteroatoms. The van der Waals surface area contributed by atoms with Crippen molar-refractivity contribution in [1.82, 2.24) is 5.32 Å². The van der Waals surface area contributed by atoms with Crippen LogP contribution in [0.25, 0.3) is 0 Å². The average Bonchev–Trinajstić information content (AvgIpc) is 2.42. The van der Waals surface area contributed by atoms with Gasteiger partial charge in [0.15, 0.2) is 0 Å². The molecule has 0 aliphatic rings. The van der Waals surface area contributed by atoms with Gasteiger partial charge in [-0.3, -0.25) is 4.79 Å². The van der Waals surface area contributed by atoms with Crippen molar-refractivity contribution < 1.29 is 14.3 Å². The molecule has 2 N–H and O–H groups in total. The number of rotatable bonds is 7. The third-order valence-electron chi connectivity index (χ3n) is 2.46. The predicted molar refractivity (Wildman–Crippen MR) is 78.8 cm³/mol. The minimum atomic E-state index is -0.323. The summed E-state index contributed by atoms with van der Waals surface area (Å²) in [7, 11) is 0. The topological polar surface area (TPSA) is 67.4 Å². The van der Waals surface area contributed by atoms with Crippen LogP contribution < -0.4 is 10.6 Å². The summed E-state index contributed by atoms with van der Waals surface area (Å²) >= 11 is 0. The zero-order chi connectivity index (χ0) is 15.0. The highest BCUT2D eigenvalue weighted by Crippen LogP contribution is 2.10. The van der Waals surface area contributed by atoms with Gasteiger partial charge in [0.1, 0.15) is 0 Å². The third kappa shape index (κ3) is 5.73. The second kappa shape index (κ2) is 8.19. The molecule has 1 aromatic rings. The van der Waals surface area contributed by atoms with Gasteiger partial charge in [-0.05, 0) is 44.5 Å². The van der Waals surface area contributed by atoms with Crippen LogP contribution in [-0.4, -0.2) is 31.1 Å². The van der Waals surface area contributed by atoms with Gasteiger partial charge in [-0.25, -0.2) is 4.79 Å². The van der Waals surface area contributed by atoms with Crippen LogP contribution in [0.5, 0.6) is 0 Å². The number of carbonyl (C=O) groups excluding carboxylic acids is 2. The van der Waals surface area contributed by atoms with E-state index >= 15 is 0 Å². The Kier molecular flexibility index (Phi) is 6.56. The first-order valence-electron chi connectivity index (χ1n) is 6.83. The van der Waals surface area contributed by atoms with Crippen molar-refractivity contribution in [2.75, 3.05) is 18.5 Å². The quantitative estimate of drug-likeness (QED) is 0.750. The summed E-state index contributed by atoms with van der Waals surface area (Å²) in [4.78, 5) is 23.1. The van der Waals surface area contributed by atoms with Gasteiger partial charge in [0.25, 0.3) is 0 Å². The van der Waals surface area contributed by atoms with E-state index in [1.807, 2.05) is 20.8 Å². The smallest absolute Gasteiger partial charge is 0.338 e. The fourth-order valence-electron chi connectivity index (χ4n) is 1.56. The fourth-order valence-corrected chi connectivity index (χ4v) is 1.56. The fraction of sp³-hybridized carbons (Fsp3) is 0.467. The Balaban J connectivity index is 2.46. The Morgan fingerprint density at radius 2 is 1.85 bits per heavy atom. The number of nitrogens with one attached hydrogen (secondary N) is 2. The van der Waals surface area contributed by atoms with E-state index in [-0.39, 0.29) is 24.5 Å². The Bertz CT molecular complexity index is 441. The van der Waals surface area contributed by atoms with Gasteiger partial charge < -0.3 is 15.4 Å². The minimum absolute atomic E-state index is 0.0635. The molecule has 0 fully saturated rings. The Labute approximate surface area is 119 Å². The summed E-state index contributed by atoms with van der Waals surface area (Å²) in [6, 6.07) is 7.00. The normalized spacial score (nSPS) is 10.2. The van der Waals surface area contributed by atoms with E-state index in [0.717, 1.165) is 12.1 Å². The van der Waals surface area contributed by atoms with Crippen LogP contribution in [0.1, 0.15) is 37.6 Å². The highest BCUT2D eigenvalue weighted by molar-refractivity contribution is 5.90. The van der Waals surface area contributed by atoms with Crippen molar-refractivity contribution in [2.45, 2.75) is 33.2 Å². The number of amides is 1. The van der Waals surface area contributed by atoms with E-state index in [2.05, 4.69) is 10.6 Å². The van der Waals surface area contributed by atoms with Gasteiger partial charge in [0.2, 0.25) is 5.91 Å². The number of benzene rings is 1. The molecule has 0 radical (unpaired) electrons. The number of carbonyl (C=O) groups is 2. The van der Waals surface area contributed by atoms with Crippen LogP contribution in [0, 0.1) is 0 Å². The molecular weight excluding hydrogens is 256 g/mol. The second-order valence-electron chi connectivity index (χ2n) is 4.79. The molecule has 0 heterocycles. The highest BCUT2D eigenvalue weighted by Gasteiger charge is 2.07. The van der Waals surface area contributed by atoms with Gasteiger partial charge in [0.05, 0.1) is 18.7 Å². The third-order valence-corrected chi connectivity index (χ3v) is 2.46. The summed E-state index contributed by atoms with van der Waals surface area (Å²) in [6.07, 6.45) is 0.802. The van der Waals surface area contributed by atoms with Crippen molar-refractivity contribution in [1.29, 1.82) is 0 Å². The average molecular weight is 278 g/mol. The molecule has 1 aromatic carbocycles. The van der Waals surface area contributed by atoms with Crippen molar-refractivity contribution in [3.05, 3.63) is 29.8 Å². The van der Waals surface area contributed by atoms with Crippen molar-refractivity contribution in [2.24, 2.45) is 0 Å². The maximum Gasteiger partial charge on any atom is 0.338 e. The van der Waals surface area contributed by atoms with Crippen molar-refractivity contribution >= 4 is 17.6 Å². The maximum absolute atomic E-state index is 11.6. The molecule has 110 valence electrons. The molecule has 0 aliphatic carbocycles. The van der Waals surface area contributed by atoms with Gasteiger partial charge in [-0.15, -0.1) is 0 Å². The number of anilines is 1. The molecule has 0 saturated carbocycles. The van der Waals surface area contributed by atoms with Gasteiger partial charge >= 0.3 is 5.97 Å². The summed E-state index contributed by atoms with van der Waals surface area (Å²) in [5.41, 5.74) is 1.30. The first-order valence-corrected chi connectivity index (χ1v) is 6.83. The zero-order valence-electron chi connectivity index (χ0n) is 12.2. The van der Waals surface area contributed by atoms with Crippen LogP contribution in [0.2, 0.25) is 0 Å².